The van der Waals surface area contributed by atoms with Gasteiger partial charge < -0.3 is 20.2 Å². The second-order valence-corrected chi connectivity index (χ2v) is 8.37. The summed E-state index contributed by atoms with van der Waals surface area (Å²) < 4.78 is 0. The second-order valence-electron chi connectivity index (χ2n) is 6.79. The molecule has 0 aliphatic carbocycles. The highest BCUT2D eigenvalue weighted by Gasteiger charge is 2.18. The van der Waals surface area contributed by atoms with E-state index in [1.165, 1.54) is 4.90 Å². The zero-order valence-electron chi connectivity index (χ0n) is 16.1. The number of halogens is 1. The predicted molar refractivity (Wildman–Crippen MR) is 118 cm³/mol. The maximum absolute atomic E-state index is 11.6. The van der Waals surface area contributed by atoms with Crippen LogP contribution in [-0.2, 0) is 6.42 Å². The molecule has 0 aliphatic heterocycles. The van der Waals surface area contributed by atoms with E-state index in [0.717, 1.165) is 15.4 Å². The minimum atomic E-state index is -1.07. The van der Waals surface area contributed by atoms with Crippen LogP contribution < -0.4 is 0 Å². The number of benzene rings is 3. The minimum Gasteiger partial charge on any atom is -0.508 e. The molecule has 1 atom stereocenters. The Morgan fingerprint density at radius 2 is 1.63 bits per heavy atom. The predicted octanol–water partition coefficient (Wildman–Crippen LogP) is 5.45. The number of aromatic hydroxyl groups is 1. The molecule has 3 aromatic carbocycles. The molecule has 0 saturated carbocycles. The molecule has 5 nitrogen and oxygen atoms in total. The third kappa shape index (κ3) is 6.42. The molecule has 3 rings (SSSR count). The Morgan fingerprint density at radius 3 is 2.23 bits per heavy atom. The SMILES string of the molecule is O=C(O)N(CCc1ccc(Sc2ccc(O)cc2)cc1)C[C@@H](O)c1cccc(Cl)c1. The summed E-state index contributed by atoms with van der Waals surface area (Å²) in [5.74, 6) is 0.234. The molecule has 3 aromatic rings. The van der Waals surface area contributed by atoms with Gasteiger partial charge in [-0.25, -0.2) is 4.79 Å². The van der Waals surface area contributed by atoms with Gasteiger partial charge in [-0.15, -0.1) is 0 Å². The Kier molecular flexibility index (Phi) is 7.63. The van der Waals surface area contributed by atoms with Gasteiger partial charge in [-0.3, -0.25) is 0 Å². The van der Waals surface area contributed by atoms with Crippen molar-refractivity contribution in [1.29, 1.82) is 0 Å². The summed E-state index contributed by atoms with van der Waals surface area (Å²) in [5, 5.41) is 29.7. The number of nitrogens with zero attached hydrogens (tertiary/aromatic N) is 1. The normalized spacial score (nSPS) is 11.8. The lowest BCUT2D eigenvalue weighted by molar-refractivity contribution is 0.0973. The molecule has 1 amide bonds. The molecule has 0 bridgehead atoms. The number of carboxylic acid groups (broad SMARTS) is 1. The van der Waals surface area contributed by atoms with Gasteiger partial charge in [0, 0.05) is 21.4 Å². The van der Waals surface area contributed by atoms with Crippen LogP contribution in [0.2, 0.25) is 5.02 Å². The first-order valence-electron chi connectivity index (χ1n) is 9.38. The molecule has 0 aromatic heterocycles. The van der Waals surface area contributed by atoms with Gasteiger partial charge in [0.15, 0.2) is 0 Å². The standard InChI is InChI=1S/C23H22ClNO4S/c24-18-3-1-2-17(14-18)22(27)15-25(23(28)29)13-12-16-4-8-20(9-5-16)30-21-10-6-19(26)7-11-21/h1-11,14,22,26-27H,12-13,15H2,(H,28,29)/t22-/m1/s1. The number of carbonyl (C=O) groups is 1. The number of amides is 1. The molecule has 156 valence electrons. The first-order valence-corrected chi connectivity index (χ1v) is 10.6. The van der Waals surface area contributed by atoms with Crippen LogP contribution in [0, 0.1) is 0 Å². The lowest BCUT2D eigenvalue weighted by Crippen LogP contribution is -2.35. The van der Waals surface area contributed by atoms with Crippen molar-refractivity contribution in [3.8, 4) is 5.75 Å². The average molecular weight is 444 g/mol. The van der Waals surface area contributed by atoms with Crippen molar-refractivity contribution < 1.29 is 20.1 Å². The van der Waals surface area contributed by atoms with Gasteiger partial charge in [-0.05, 0) is 66.1 Å². The topological polar surface area (TPSA) is 81.0 Å². The Hall–Kier alpha value is -2.67. The number of aliphatic hydroxyl groups excluding tert-OH is 1. The summed E-state index contributed by atoms with van der Waals surface area (Å²) in [4.78, 5) is 14.9. The van der Waals surface area contributed by atoms with Crippen molar-refractivity contribution in [2.24, 2.45) is 0 Å². The van der Waals surface area contributed by atoms with E-state index < -0.39 is 12.2 Å². The van der Waals surface area contributed by atoms with Crippen molar-refractivity contribution in [3.63, 3.8) is 0 Å². The monoisotopic (exact) mass is 443 g/mol. The summed E-state index contributed by atoms with van der Waals surface area (Å²) in [6.45, 7) is 0.252. The largest absolute Gasteiger partial charge is 0.508 e. The molecule has 0 heterocycles. The zero-order chi connectivity index (χ0) is 21.5. The van der Waals surface area contributed by atoms with E-state index in [4.69, 9.17) is 11.6 Å². The highest BCUT2D eigenvalue weighted by Crippen LogP contribution is 2.29. The molecule has 0 saturated heterocycles. The van der Waals surface area contributed by atoms with Crippen LogP contribution in [0.25, 0.3) is 0 Å². The lowest BCUT2D eigenvalue weighted by atomic mass is 10.1. The van der Waals surface area contributed by atoms with Gasteiger partial charge in [0.2, 0.25) is 0 Å². The molecule has 0 unspecified atom stereocenters. The average Bonchev–Trinajstić information content (AvgIpc) is 2.73. The smallest absolute Gasteiger partial charge is 0.407 e. The quantitative estimate of drug-likeness (QED) is 0.431. The minimum absolute atomic E-state index is 0.0233. The fourth-order valence-electron chi connectivity index (χ4n) is 2.93. The summed E-state index contributed by atoms with van der Waals surface area (Å²) in [6.07, 6.45) is -1.47. The highest BCUT2D eigenvalue weighted by molar-refractivity contribution is 7.99. The number of phenolic OH excluding ortho intramolecular Hbond substituents is 1. The van der Waals surface area contributed by atoms with E-state index in [1.54, 1.807) is 48.2 Å². The Labute approximate surface area is 184 Å². The van der Waals surface area contributed by atoms with E-state index in [2.05, 4.69) is 0 Å². The summed E-state index contributed by atoms with van der Waals surface area (Å²) in [5.41, 5.74) is 1.60. The molecule has 3 N–H and O–H groups in total. The summed E-state index contributed by atoms with van der Waals surface area (Å²) >= 11 is 7.53. The third-order valence-electron chi connectivity index (χ3n) is 4.56. The summed E-state index contributed by atoms with van der Waals surface area (Å²) in [6, 6.07) is 21.7. The van der Waals surface area contributed by atoms with E-state index >= 15 is 0 Å². The Balaban J connectivity index is 1.56. The van der Waals surface area contributed by atoms with E-state index in [0.29, 0.717) is 17.0 Å². The van der Waals surface area contributed by atoms with Crippen LogP contribution in [0.1, 0.15) is 17.2 Å². The van der Waals surface area contributed by atoms with Crippen LogP contribution in [-0.4, -0.2) is 39.4 Å². The van der Waals surface area contributed by atoms with Gasteiger partial charge in [0.25, 0.3) is 0 Å². The number of hydrogen-bond acceptors (Lipinski definition) is 4. The maximum atomic E-state index is 11.6. The van der Waals surface area contributed by atoms with Gasteiger partial charge in [0.1, 0.15) is 5.75 Å². The molecule has 0 fully saturated rings. The molecular weight excluding hydrogens is 422 g/mol. The van der Waals surface area contributed by atoms with Crippen LogP contribution in [0.15, 0.2) is 82.6 Å². The van der Waals surface area contributed by atoms with Crippen molar-refractivity contribution >= 4 is 29.5 Å². The van der Waals surface area contributed by atoms with Gasteiger partial charge in [0.05, 0.1) is 12.6 Å². The molecule has 0 spiro atoms. The van der Waals surface area contributed by atoms with Crippen LogP contribution in [0.5, 0.6) is 5.75 Å². The van der Waals surface area contributed by atoms with Gasteiger partial charge in [-0.2, -0.15) is 0 Å². The van der Waals surface area contributed by atoms with Crippen molar-refractivity contribution in [1.82, 2.24) is 4.90 Å². The van der Waals surface area contributed by atoms with Crippen molar-refractivity contribution in [2.45, 2.75) is 22.3 Å². The molecule has 0 aliphatic rings. The molecule has 0 radical (unpaired) electrons. The Bertz CT molecular complexity index is 979. The molecule has 7 heteroatoms. The number of rotatable bonds is 8. The number of hydrogen-bond donors (Lipinski definition) is 3. The first kappa shape index (κ1) is 22.0. The summed E-state index contributed by atoms with van der Waals surface area (Å²) in [7, 11) is 0. The first-order chi connectivity index (χ1) is 14.4. The fourth-order valence-corrected chi connectivity index (χ4v) is 3.95. The van der Waals surface area contributed by atoms with E-state index in [1.807, 2.05) is 36.4 Å². The van der Waals surface area contributed by atoms with E-state index in [9.17, 15) is 20.1 Å². The van der Waals surface area contributed by atoms with Crippen LogP contribution in [0.3, 0.4) is 0 Å². The van der Waals surface area contributed by atoms with Crippen molar-refractivity contribution in [2.75, 3.05) is 13.1 Å². The maximum Gasteiger partial charge on any atom is 0.407 e. The van der Waals surface area contributed by atoms with Crippen molar-refractivity contribution in [3.05, 3.63) is 88.9 Å². The molecular formula is C23H22ClNO4S. The van der Waals surface area contributed by atoms with Gasteiger partial charge in [-0.1, -0.05) is 47.6 Å². The molecule has 30 heavy (non-hydrogen) atoms. The number of phenols is 1. The van der Waals surface area contributed by atoms with Crippen LogP contribution in [0.4, 0.5) is 4.79 Å². The lowest BCUT2D eigenvalue weighted by Gasteiger charge is -2.23. The Morgan fingerprint density at radius 1 is 1.00 bits per heavy atom. The zero-order valence-corrected chi connectivity index (χ0v) is 17.7. The highest BCUT2D eigenvalue weighted by atomic mass is 35.5. The second kappa shape index (κ2) is 10.4. The van der Waals surface area contributed by atoms with E-state index in [-0.39, 0.29) is 18.8 Å². The number of aliphatic hydroxyl groups is 1. The fraction of sp³-hybridized carbons (Fsp3) is 0.174. The van der Waals surface area contributed by atoms with Crippen LogP contribution >= 0.6 is 23.4 Å². The third-order valence-corrected chi connectivity index (χ3v) is 5.81. The van der Waals surface area contributed by atoms with Gasteiger partial charge >= 0.3 is 6.09 Å².